The van der Waals surface area contributed by atoms with Gasteiger partial charge in [-0.25, -0.2) is 0 Å². The molecule has 0 aliphatic carbocycles. The molecule has 1 N–H and O–H groups in total. The molecule has 3 rings (SSSR count). The second-order valence-electron chi connectivity index (χ2n) is 9.02. The highest BCUT2D eigenvalue weighted by molar-refractivity contribution is 5.94. The Morgan fingerprint density at radius 1 is 1.16 bits per heavy atom. The van der Waals surface area contributed by atoms with E-state index >= 15 is 0 Å². The zero-order chi connectivity index (χ0) is 22.6. The van der Waals surface area contributed by atoms with Gasteiger partial charge in [-0.15, -0.1) is 0 Å². The number of amides is 1. The van der Waals surface area contributed by atoms with Crippen molar-refractivity contribution in [2.24, 2.45) is 0 Å². The van der Waals surface area contributed by atoms with Gasteiger partial charge in [0.15, 0.2) is 0 Å². The molecule has 1 saturated heterocycles. The standard InChI is InChI=1S/C26H37N3O2/c1-7-28(8-2)25(30)21-14-12-20(13-15-21)16-22-10-9-11-23(31-6)24(22)29-17-19(3)27-18-26(29,4)5/h9-15,19,27H,7-8,16-18H2,1-6H3. The van der Waals surface area contributed by atoms with Crippen molar-refractivity contribution in [2.75, 3.05) is 38.2 Å². The number of hydrogen-bond acceptors (Lipinski definition) is 4. The summed E-state index contributed by atoms with van der Waals surface area (Å²) < 4.78 is 5.79. The third-order valence-electron chi connectivity index (χ3n) is 6.29. The van der Waals surface area contributed by atoms with Crippen LogP contribution < -0.4 is 15.0 Å². The van der Waals surface area contributed by atoms with Gasteiger partial charge in [0, 0.05) is 43.3 Å². The average molecular weight is 424 g/mol. The number of carbonyl (C=O) groups excluding carboxylic acids is 1. The van der Waals surface area contributed by atoms with E-state index in [1.54, 1.807) is 7.11 Å². The Hall–Kier alpha value is -2.53. The molecule has 1 aliphatic heterocycles. The fourth-order valence-electron chi connectivity index (χ4n) is 4.36. The van der Waals surface area contributed by atoms with Crippen LogP contribution in [0.15, 0.2) is 42.5 Å². The number of para-hydroxylation sites is 1. The molecule has 0 radical (unpaired) electrons. The number of nitrogens with one attached hydrogen (secondary N) is 1. The normalized spacial score (nSPS) is 18.0. The number of hydrogen-bond donors (Lipinski definition) is 1. The first-order valence-electron chi connectivity index (χ1n) is 11.4. The van der Waals surface area contributed by atoms with Crippen molar-refractivity contribution in [1.82, 2.24) is 10.2 Å². The molecule has 5 nitrogen and oxygen atoms in total. The molecule has 168 valence electrons. The Balaban J connectivity index is 1.91. The summed E-state index contributed by atoms with van der Waals surface area (Å²) in [6, 6.07) is 14.8. The Bertz CT molecular complexity index is 888. The van der Waals surface area contributed by atoms with Crippen LogP contribution in [0.1, 0.15) is 56.1 Å². The summed E-state index contributed by atoms with van der Waals surface area (Å²) in [6.45, 7) is 14.1. The van der Waals surface area contributed by atoms with Gasteiger partial charge in [0.2, 0.25) is 0 Å². The SMILES string of the molecule is CCN(CC)C(=O)c1ccc(Cc2cccc(OC)c2N2CC(C)NCC2(C)C)cc1. The van der Waals surface area contributed by atoms with Gasteiger partial charge in [0.25, 0.3) is 5.91 Å². The molecule has 0 spiro atoms. The van der Waals surface area contributed by atoms with Crippen molar-refractivity contribution in [3.8, 4) is 5.75 Å². The van der Waals surface area contributed by atoms with E-state index in [1.165, 1.54) is 16.8 Å². The molecule has 1 heterocycles. The van der Waals surface area contributed by atoms with Crippen molar-refractivity contribution in [3.05, 3.63) is 59.2 Å². The van der Waals surface area contributed by atoms with E-state index in [4.69, 9.17) is 4.74 Å². The summed E-state index contributed by atoms with van der Waals surface area (Å²) in [4.78, 5) is 17.0. The number of carbonyl (C=O) groups is 1. The Labute approximate surface area is 187 Å². The molecule has 1 unspecified atom stereocenters. The zero-order valence-corrected chi connectivity index (χ0v) is 19.9. The number of piperazine rings is 1. The van der Waals surface area contributed by atoms with E-state index < -0.39 is 0 Å². The lowest BCUT2D eigenvalue weighted by atomic mass is 9.93. The molecule has 1 aliphatic rings. The van der Waals surface area contributed by atoms with Gasteiger partial charge in [-0.1, -0.05) is 24.3 Å². The molecular formula is C26H37N3O2. The topological polar surface area (TPSA) is 44.8 Å². The number of anilines is 1. The third kappa shape index (κ3) is 5.04. The molecule has 1 atom stereocenters. The quantitative estimate of drug-likeness (QED) is 0.719. The van der Waals surface area contributed by atoms with E-state index in [-0.39, 0.29) is 11.4 Å². The largest absolute Gasteiger partial charge is 0.495 e. The number of nitrogens with zero attached hydrogens (tertiary/aromatic N) is 2. The second-order valence-corrected chi connectivity index (χ2v) is 9.02. The number of benzene rings is 2. The van der Waals surface area contributed by atoms with Crippen LogP contribution in [-0.4, -0.2) is 55.7 Å². The van der Waals surface area contributed by atoms with Crippen LogP contribution in [-0.2, 0) is 6.42 Å². The van der Waals surface area contributed by atoms with Crippen LogP contribution in [0.5, 0.6) is 5.75 Å². The molecule has 2 aromatic carbocycles. The molecule has 1 fully saturated rings. The van der Waals surface area contributed by atoms with Crippen LogP contribution >= 0.6 is 0 Å². The molecule has 1 amide bonds. The molecule has 2 aromatic rings. The maximum atomic E-state index is 12.6. The van der Waals surface area contributed by atoms with Crippen LogP contribution in [0.25, 0.3) is 0 Å². The fourth-order valence-corrected chi connectivity index (χ4v) is 4.36. The first-order valence-corrected chi connectivity index (χ1v) is 11.4. The molecule has 0 aromatic heterocycles. The van der Waals surface area contributed by atoms with Gasteiger partial charge in [-0.3, -0.25) is 4.79 Å². The molecule has 31 heavy (non-hydrogen) atoms. The van der Waals surface area contributed by atoms with Crippen molar-refractivity contribution in [3.63, 3.8) is 0 Å². The van der Waals surface area contributed by atoms with Gasteiger partial charge in [-0.05, 0) is 70.4 Å². The summed E-state index contributed by atoms with van der Waals surface area (Å²) in [5, 5.41) is 3.60. The minimum atomic E-state index is -0.0179. The smallest absolute Gasteiger partial charge is 0.253 e. The number of rotatable bonds is 7. The summed E-state index contributed by atoms with van der Waals surface area (Å²) in [5.74, 6) is 1.00. The van der Waals surface area contributed by atoms with Gasteiger partial charge in [0.05, 0.1) is 12.8 Å². The summed E-state index contributed by atoms with van der Waals surface area (Å²) in [7, 11) is 1.74. The Kier molecular flexibility index (Phi) is 7.26. The lowest BCUT2D eigenvalue weighted by Gasteiger charge is -2.48. The van der Waals surface area contributed by atoms with E-state index in [0.29, 0.717) is 6.04 Å². The van der Waals surface area contributed by atoms with Crippen LogP contribution in [0.2, 0.25) is 0 Å². The maximum Gasteiger partial charge on any atom is 0.253 e. The summed E-state index contributed by atoms with van der Waals surface area (Å²) >= 11 is 0. The molecule has 0 saturated carbocycles. The number of methoxy groups -OCH3 is 1. The van der Waals surface area contributed by atoms with Crippen molar-refractivity contribution >= 4 is 11.6 Å². The van der Waals surface area contributed by atoms with Gasteiger partial charge >= 0.3 is 0 Å². The molecule has 5 heteroatoms. The summed E-state index contributed by atoms with van der Waals surface area (Å²) in [6.07, 6.45) is 0.792. The summed E-state index contributed by atoms with van der Waals surface area (Å²) in [5.41, 5.74) is 4.33. The first kappa shape index (κ1) is 23.1. The zero-order valence-electron chi connectivity index (χ0n) is 19.9. The number of ether oxygens (including phenoxy) is 1. The lowest BCUT2D eigenvalue weighted by Crippen LogP contribution is -2.61. The third-order valence-corrected chi connectivity index (χ3v) is 6.29. The molecular weight excluding hydrogens is 386 g/mol. The highest BCUT2D eigenvalue weighted by Crippen LogP contribution is 2.38. The predicted molar refractivity (Wildman–Crippen MR) is 128 cm³/mol. The van der Waals surface area contributed by atoms with Gasteiger partial charge in [-0.2, -0.15) is 0 Å². The predicted octanol–water partition coefficient (Wildman–Crippen LogP) is 4.34. The Morgan fingerprint density at radius 3 is 2.45 bits per heavy atom. The Morgan fingerprint density at radius 2 is 1.84 bits per heavy atom. The van der Waals surface area contributed by atoms with Crippen LogP contribution in [0.3, 0.4) is 0 Å². The monoisotopic (exact) mass is 423 g/mol. The van der Waals surface area contributed by atoms with Crippen molar-refractivity contribution in [1.29, 1.82) is 0 Å². The minimum Gasteiger partial charge on any atom is -0.495 e. The van der Waals surface area contributed by atoms with E-state index in [1.807, 2.05) is 36.9 Å². The van der Waals surface area contributed by atoms with Crippen LogP contribution in [0.4, 0.5) is 5.69 Å². The second kappa shape index (κ2) is 9.73. The fraction of sp³-hybridized carbons (Fsp3) is 0.500. The average Bonchev–Trinajstić information content (AvgIpc) is 2.76. The highest BCUT2D eigenvalue weighted by Gasteiger charge is 2.35. The van der Waals surface area contributed by atoms with Crippen molar-refractivity contribution in [2.45, 2.75) is 52.6 Å². The first-order chi connectivity index (χ1) is 14.8. The van der Waals surface area contributed by atoms with Gasteiger partial charge < -0.3 is 19.9 Å². The van der Waals surface area contributed by atoms with Crippen molar-refractivity contribution < 1.29 is 9.53 Å². The van der Waals surface area contributed by atoms with Crippen LogP contribution in [0, 0.1) is 0 Å². The highest BCUT2D eigenvalue weighted by atomic mass is 16.5. The molecule has 0 bridgehead atoms. The lowest BCUT2D eigenvalue weighted by molar-refractivity contribution is 0.0773. The van der Waals surface area contributed by atoms with E-state index in [2.05, 4.69) is 55.3 Å². The maximum absolute atomic E-state index is 12.6. The van der Waals surface area contributed by atoms with E-state index in [9.17, 15) is 4.79 Å². The van der Waals surface area contributed by atoms with E-state index in [0.717, 1.165) is 43.9 Å². The van der Waals surface area contributed by atoms with Gasteiger partial charge in [0.1, 0.15) is 5.75 Å². The minimum absolute atomic E-state index is 0.0179.